The Bertz CT molecular complexity index is 1460. The van der Waals surface area contributed by atoms with Crippen molar-refractivity contribution < 1.29 is 69.3 Å². The van der Waals surface area contributed by atoms with E-state index in [1.54, 1.807) is 0 Å². The summed E-state index contributed by atoms with van der Waals surface area (Å²) in [6.07, 6.45) is -14.3. The molecule has 2 aliphatic heterocycles. The summed E-state index contributed by atoms with van der Waals surface area (Å²) in [6, 6.07) is 7.08. The lowest BCUT2D eigenvalue weighted by Crippen LogP contribution is -2.61. The van der Waals surface area contributed by atoms with Gasteiger partial charge in [0.2, 0.25) is 6.29 Å². The molecule has 9 N–H and O–H groups in total. The van der Waals surface area contributed by atoms with Gasteiger partial charge >= 0.3 is 5.63 Å². The van der Waals surface area contributed by atoms with Gasteiger partial charge in [-0.2, -0.15) is 0 Å². The molecule has 41 heavy (non-hydrogen) atoms. The van der Waals surface area contributed by atoms with Gasteiger partial charge in [0.05, 0.1) is 18.6 Å². The zero-order valence-electron chi connectivity index (χ0n) is 21.0. The zero-order chi connectivity index (χ0) is 29.6. The normalized spacial score (nSPS) is 32.2. The highest BCUT2D eigenvalue weighted by molar-refractivity contribution is 5.98. The standard InChI is InChI=1S/C26H28O15/c27-10-4-15-19(11(6-18(31)39-15)9-1-2-12(28)13(29)3-9)16(5-10)40-26-24(36)22(34)21(33)17(41-26)8-38-25-23(35)20(32)14(30)7-37-25/h1-6,14,17,20-30,32-36H,7-8H2/t14-,17+,20-,21-,22-,23-,24-,25-,26+/m1/s1. The second-order valence-corrected chi connectivity index (χ2v) is 9.72. The maximum Gasteiger partial charge on any atom is 0.336 e. The fraction of sp³-hybridized carbons (Fsp3) is 0.423. The van der Waals surface area contributed by atoms with E-state index in [-0.39, 0.29) is 34.5 Å². The summed E-state index contributed by atoms with van der Waals surface area (Å²) in [6.45, 7) is -0.866. The van der Waals surface area contributed by atoms with E-state index in [4.69, 9.17) is 23.4 Å². The molecule has 15 heteroatoms. The van der Waals surface area contributed by atoms with E-state index in [1.807, 2.05) is 0 Å². The molecule has 0 bridgehead atoms. The van der Waals surface area contributed by atoms with Gasteiger partial charge in [0.1, 0.15) is 59.8 Å². The Hall–Kier alpha value is -3.51. The lowest BCUT2D eigenvalue weighted by Gasteiger charge is -2.41. The number of benzene rings is 2. The van der Waals surface area contributed by atoms with E-state index < -0.39 is 84.8 Å². The Balaban J connectivity index is 1.45. The molecule has 2 aromatic carbocycles. The second-order valence-electron chi connectivity index (χ2n) is 9.72. The summed E-state index contributed by atoms with van der Waals surface area (Å²) in [5.41, 5.74) is -0.563. The van der Waals surface area contributed by atoms with Gasteiger partial charge in [0.15, 0.2) is 17.8 Å². The van der Waals surface area contributed by atoms with Crippen LogP contribution in [0.15, 0.2) is 45.6 Å². The van der Waals surface area contributed by atoms with Crippen molar-refractivity contribution >= 4 is 11.0 Å². The molecule has 15 nitrogen and oxygen atoms in total. The summed E-state index contributed by atoms with van der Waals surface area (Å²) in [4.78, 5) is 12.3. The van der Waals surface area contributed by atoms with Crippen LogP contribution in [0.2, 0.25) is 0 Å². The highest BCUT2D eigenvalue weighted by atomic mass is 16.7. The van der Waals surface area contributed by atoms with E-state index in [0.717, 1.165) is 18.2 Å². The van der Waals surface area contributed by atoms with E-state index in [1.165, 1.54) is 18.2 Å². The predicted octanol–water partition coefficient (Wildman–Crippen LogP) is -1.78. The molecule has 2 saturated heterocycles. The maximum absolute atomic E-state index is 12.3. The Labute approximate surface area is 230 Å². The van der Waals surface area contributed by atoms with Crippen molar-refractivity contribution in [2.75, 3.05) is 13.2 Å². The fourth-order valence-electron chi connectivity index (χ4n) is 4.65. The van der Waals surface area contributed by atoms with Crippen LogP contribution in [0.1, 0.15) is 0 Å². The molecule has 3 heterocycles. The van der Waals surface area contributed by atoms with Gasteiger partial charge in [-0.15, -0.1) is 0 Å². The average Bonchev–Trinajstić information content (AvgIpc) is 2.93. The molecule has 0 unspecified atom stereocenters. The third-order valence-electron chi connectivity index (χ3n) is 6.87. The molecule has 0 amide bonds. The largest absolute Gasteiger partial charge is 0.508 e. The first-order valence-electron chi connectivity index (χ1n) is 12.4. The van der Waals surface area contributed by atoms with Crippen LogP contribution in [0.5, 0.6) is 23.0 Å². The number of phenolic OH excluding ortho intramolecular Hbond substituents is 3. The van der Waals surface area contributed by atoms with Crippen LogP contribution >= 0.6 is 0 Å². The van der Waals surface area contributed by atoms with Crippen LogP contribution < -0.4 is 10.4 Å². The predicted molar refractivity (Wildman–Crippen MR) is 134 cm³/mol. The van der Waals surface area contributed by atoms with Crippen molar-refractivity contribution in [3.8, 4) is 34.1 Å². The van der Waals surface area contributed by atoms with E-state index in [9.17, 15) is 50.8 Å². The lowest BCUT2D eigenvalue weighted by molar-refractivity contribution is -0.307. The highest BCUT2D eigenvalue weighted by Crippen LogP contribution is 2.40. The molecule has 0 radical (unpaired) electrons. The van der Waals surface area contributed by atoms with Gasteiger partial charge in [-0.3, -0.25) is 0 Å². The van der Waals surface area contributed by atoms with Gasteiger partial charge < -0.3 is 69.3 Å². The van der Waals surface area contributed by atoms with Crippen LogP contribution in [0, 0.1) is 0 Å². The first kappa shape index (κ1) is 29.0. The number of hydrogen-bond donors (Lipinski definition) is 9. The summed E-state index contributed by atoms with van der Waals surface area (Å²) >= 11 is 0. The maximum atomic E-state index is 12.3. The minimum Gasteiger partial charge on any atom is -0.508 e. The van der Waals surface area contributed by atoms with E-state index >= 15 is 0 Å². The van der Waals surface area contributed by atoms with Crippen molar-refractivity contribution in [3.63, 3.8) is 0 Å². The van der Waals surface area contributed by atoms with Crippen molar-refractivity contribution in [1.82, 2.24) is 0 Å². The third-order valence-corrected chi connectivity index (χ3v) is 6.87. The molecule has 2 aliphatic rings. The fourth-order valence-corrected chi connectivity index (χ4v) is 4.65. The number of rotatable bonds is 6. The molecular weight excluding hydrogens is 552 g/mol. The third kappa shape index (κ3) is 5.67. The van der Waals surface area contributed by atoms with E-state index in [2.05, 4.69) is 0 Å². The Morgan fingerprint density at radius 2 is 1.54 bits per heavy atom. The molecule has 1 aromatic heterocycles. The summed E-state index contributed by atoms with van der Waals surface area (Å²) in [5.74, 6) is -1.49. The van der Waals surface area contributed by atoms with Crippen molar-refractivity contribution in [1.29, 1.82) is 0 Å². The number of hydrogen-bond acceptors (Lipinski definition) is 15. The first-order chi connectivity index (χ1) is 19.4. The number of aliphatic hydroxyl groups excluding tert-OH is 6. The number of aliphatic hydroxyl groups is 6. The number of ether oxygens (including phenoxy) is 4. The molecule has 2 fully saturated rings. The van der Waals surface area contributed by atoms with Crippen LogP contribution in [0.4, 0.5) is 0 Å². The van der Waals surface area contributed by atoms with Crippen LogP contribution in [-0.4, -0.2) is 114 Å². The lowest BCUT2D eigenvalue weighted by atomic mass is 9.98. The topological polar surface area (TPSA) is 249 Å². The van der Waals surface area contributed by atoms with Crippen molar-refractivity contribution in [2.45, 2.75) is 55.3 Å². The summed E-state index contributed by atoms with van der Waals surface area (Å²) < 4.78 is 27.2. The molecule has 5 rings (SSSR count). The Morgan fingerprint density at radius 3 is 2.27 bits per heavy atom. The van der Waals surface area contributed by atoms with Crippen LogP contribution in [-0.2, 0) is 14.2 Å². The Morgan fingerprint density at radius 1 is 0.805 bits per heavy atom. The average molecular weight is 580 g/mol. The smallest absolute Gasteiger partial charge is 0.336 e. The summed E-state index contributed by atoms with van der Waals surface area (Å²) in [5, 5.41) is 91.2. The number of phenols is 3. The van der Waals surface area contributed by atoms with Gasteiger partial charge in [0, 0.05) is 23.8 Å². The minimum absolute atomic E-state index is 0.0861. The quantitative estimate of drug-likeness (QED) is 0.115. The first-order valence-corrected chi connectivity index (χ1v) is 12.4. The van der Waals surface area contributed by atoms with Gasteiger partial charge in [0.25, 0.3) is 0 Å². The van der Waals surface area contributed by atoms with Crippen molar-refractivity contribution in [3.05, 3.63) is 46.8 Å². The Kier molecular flexibility index (Phi) is 8.06. The van der Waals surface area contributed by atoms with E-state index in [0.29, 0.717) is 0 Å². The van der Waals surface area contributed by atoms with Gasteiger partial charge in [-0.25, -0.2) is 4.79 Å². The zero-order valence-corrected chi connectivity index (χ0v) is 21.0. The minimum atomic E-state index is -1.83. The molecule has 9 atom stereocenters. The number of fused-ring (bicyclic) bond motifs is 1. The monoisotopic (exact) mass is 580 g/mol. The second kappa shape index (κ2) is 11.4. The van der Waals surface area contributed by atoms with Crippen LogP contribution in [0.25, 0.3) is 22.1 Å². The highest BCUT2D eigenvalue weighted by Gasteiger charge is 2.46. The van der Waals surface area contributed by atoms with Gasteiger partial charge in [-0.1, -0.05) is 6.07 Å². The summed E-state index contributed by atoms with van der Waals surface area (Å²) in [7, 11) is 0. The molecule has 222 valence electrons. The molecular formula is C26H28O15. The van der Waals surface area contributed by atoms with Crippen molar-refractivity contribution in [2.24, 2.45) is 0 Å². The molecule has 3 aromatic rings. The molecule has 0 spiro atoms. The molecule has 0 saturated carbocycles. The van der Waals surface area contributed by atoms with Crippen LogP contribution in [0.3, 0.4) is 0 Å². The SMILES string of the molecule is O=c1cc(-c2ccc(O)c(O)c2)c2c(O[C@H]3O[C@@H](CO[C@H]4OC[C@@H](O)[C@@H](O)[C@H]4O)[C@@H](O)[C@@H](O)[C@H]3O)cc(O)cc2o1. The van der Waals surface area contributed by atoms with Gasteiger partial charge in [-0.05, 0) is 17.7 Å². The molecule has 0 aliphatic carbocycles. The number of aromatic hydroxyl groups is 3.